The van der Waals surface area contributed by atoms with Crippen LogP contribution in [-0.2, 0) is 11.2 Å². The highest BCUT2D eigenvalue weighted by Gasteiger charge is 2.23. The van der Waals surface area contributed by atoms with Crippen molar-refractivity contribution in [2.24, 2.45) is 5.92 Å². The minimum atomic E-state index is 0.496. The van der Waals surface area contributed by atoms with Gasteiger partial charge in [0.2, 0.25) is 0 Å². The summed E-state index contributed by atoms with van der Waals surface area (Å²) in [4.78, 5) is 0. The fraction of sp³-hybridized carbons (Fsp3) is 0.538. The van der Waals surface area contributed by atoms with E-state index >= 15 is 0 Å². The van der Waals surface area contributed by atoms with Gasteiger partial charge in [0.1, 0.15) is 0 Å². The van der Waals surface area contributed by atoms with Gasteiger partial charge < -0.3 is 4.74 Å². The van der Waals surface area contributed by atoms with Gasteiger partial charge in [-0.1, -0.05) is 37.3 Å². The normalized spacial score (nSPS) is 26.6. The maximum Gasteiger partial charge on any atom is 0.0604 e. The van der Waals surface area contributed by atoms with Gasteiger partial charge in [0.25, 0.3) is 0 Å². The van der Waals surface area contributed by atoms with Gasteiger partial charge in [-0.2, -0.15) is 0 Å². The van der Waals surface area contributed by atoms with Gasteiger partial charge in [0.15, 0.2) is 0 Å². The van der Waals surface area contributed by atoms with Crippen LogP contribution in [-0.4, -0.2) is 12.7 Å². The van der Waals surface area contributed by atoms with Crippen molar-refractivity contribution < 1.29 is 4.74 Å². The molecular weight excluding hydrogens is 172 g/mol. The Hall–Kier alpha value is -0.820. The molecule has 2 atom stereocenters. The van der Waals surface area contributed by atoms with Crippen molar-refractivity contribution in [2.75, 3.05) is 6.61 Å². The molecule has 2 rings (SSSR count). The Labute approximate surface area is 86.1 Å². The molecule has 76 valence electrons. The molecule has 14 heavy (non-hydrogen) atoms. The maximum atomic E-state index is 5.69. The van der Waals surface area contributed by atoms with Crippen LogP contribution in [0.1, 0.15) is 25.3 Å². The third-order valence-electron chi connectivity index (χ3n) is 3.10. The van der Waals surface area contributed by atoms with Crippen LogP contribution in [0.25, 0.3) is 0 Å². The van der Waals surface area contributed by atoms with E-state index in [4.69, 9.17) is 4.74 Å². The van der Waals surface area contributed by atoms with Crippen LogP contribution in [0.5, 0.6) is 0 Å². The second-order valence-electron chi connectivity index (χ2n) is 4.20. The van der Waals surface area contributed by atoms with Crippen LogP contribution >= 0.6 is 0 Å². The van der Waals surface area contributed by atoms with Gasteiger partial charge in [-0.25, -0.2) is 0 Å². The molecule has 1 heteroatoms. The van der Waals surface area contributed by atoms with E-state index in [-0.39, 0.29) is 0 Å². The lowest BCUT2D eigenvalue weighted by Gasteiger charge is -2.13. The standard InChI is InChI=1S/C13H18O/c1-11-9-10-14-13(11)8-7-12-5-3-2-4-6-12/h2-6,11,13H,7-10H2,1H3/t11-,13-/m0/s1. The summed E-state index contributed by atoms with van der Waals surface area (Å²) >= 11 is 0. The fourth-order valence-electron chi connectivity index (χ4n) is 2.08. The first-order valence-corrected chi connectivity index (χ1v) is 5.52. The van der Waals surface area contributed by atoms with Gasteiger partial charge in [-0.05, 0) is 30.7 Å². The number of aryl methyl sites for hydroxylation is 1. The molecule has 0 amide bonds. The van der Waals surface area contributed by atoms with Crippen LogP contribution in [0.3, 0.4) is 0 Å². The van der Waals surface area contributed by atoms with Gasteiger partial charge in [0.05, 0.1) is 6.10 Å². The fourth-order valence-corrected chi connectivity index (χ4v) is 2.08. The Balaban J connectivity index is 1.82. The summed E-state index contributed by atoms with van der Waals surface area (Å²) in [5, 5.41) is 0. The molecule has 1 aromatic rings. The highest BCUT2D eigenvalue weighted by Crippen LogP contribution is 2.23. The Morgan fingerprint density at radius 2 is 2.07 bits per heavy atom. The van der Waals surface area contributed by atoms with Crippen molar-refractivity contribution in [3.8, 4) is 0 Å². The summed E-state index contributed by atoms with van der Waals surface area (Å²) in [7, 11) is 0. The first kappa shape index (κ1) is 9.72. The number of hydrogen-bond donors (Lipinski definition) is 0. The first-order chi connectivity index (χ1) is 6.86. The van der Waals surface area contributed by atoms with Crippen LogP contribution in [0, 0.1) is 5.92 Å². The molecule has 0 unspecified atom stereocenters. The largest absolute Gasteiger partial charge is 0.378 e. The zero-order chi connectivity index (χ0) is 9.80. The third-order valence-corrected chi connectivity index (χ3v) is 3.10. The molecule has 1 nitrogen and oxygen atoms in total. The van der Waals surface area contributed by atoms with Crippen molar-refractivity contribution in [1.82, 2.24) is 0 Å². The van der Waals surface area contributed by atoms with Gasteiger partial charge in [0, 0.05) is 6.61 Å². The van der Waals surface area contributed by atoms with Crippen LogP contribution in [0.2, 0.25) is 0 Å². The van der Waals surface area contributed by atoms with Crippen LogP contribution in [0.15, 0.2) is 30.3 Å². The predicted octanol–water partition coefficient (Wildman–Crippen LogP) is 3.04. The summed E-state index contributed by atoms with van der Waals surface area (Å²) in [5.74, 6) is 0.749. The molecule has 0 saturated carbocycles. The smallest absolute Gasteiger partial charge is 0.0604 e. The molecule has 0 radical (unpaired) electrons. The molecule has 1 aliphatic rings. The molecule has 1 fully saturated rings. The van der Waals surface area contributed by atoms with E-state index < -0.39 is 0 Å². The lowest BCUT2D eigenvalue weighted by atomic mass is 9.98. The molecule has 0 bridgehead atoms. The lowest BCUT2D eigenvalue weighted by molar-refractivity contribution is 0.0873. The summed E-state index contributed by atoms with van der Waals surface area (Å²) < 4.78 is 5.69. The van der Waals surface area contributed by atoms with Crippen LogP contribution in [0.4, 0.5) is 0 Å². The molecule has 0 spiro atoms. The summed E-state index contributed by atoms with van der Waals surface area (Å²) in [5.41, 5.74) is 1.43. The Bertz CT molecular complexity index is 268. The lowest BCUT2D eigenvalue weighted by Crippen LogP contribution is -2.13. The van der Waals surface area contributed by atoms with E-state index in [2.05, 4.69) is 37.3 Å². The topological polar surface area (TPSA) is 9.23 Å². The molecule has 1 aromatic carbocycles. The molecule has 1 heterocycles. The molecule has 0 N–H and O–H groups in total. The first-order valence-electron chi connectivity index (χ1n) is 5.52. The van der Waals surface area contributed by atoms with Crippen molar-refractivity contribution in [1.29, 1.82) is 0 Å². The Morgan fingerprint density at radius 3 is 2.71 bits per heavy atom. The van der Waals surface area contributed by atoms with E-state index in [9.17, 15) is 0 Å². The number of ether oxygens (including phenoxy) is 1. The Morgan fingerprint density at radius 1 is 1.29 bits per heavy atom. The molecule has 1 aliphatic heterocycles. The van der Waals surface area contributed by atoms with Gasteiger partial charge in [-0.15, -0.1) is 0 Å². The highest BCUT2D eigenvalue weighted by molar-refractivity contribution is 5.14. The van der Waals surface area contributed by atoms with Gasteiger partial charge >= 0.3 is 0 Å². The number of rotatable bonds is 3. The minimum Gasteiger partial charge on any atom is -0.378 e. The second kappa shape index (κ2) is 4.61. The number of hydrogen-bond acceptors (Lipinski definition) is 1. The Kier molecular flexibility index (Phi) is 3.20. The van der Waals surface area contributed by atoms with E-state index in [1.54, 1.807) is 0 Å². The average molecular weight is 190 g/mol. The van der Waals surface area contributed by atoms with Crippen molar-refractivity contribution in [2.45, 2.75) is 32.3 Å². The van der Waals surface area contributed by atoms with Crippen molar-refractivity contribution >= 4 is 0 Å². The summed E-state index contributed by atoms with van der Waals surface area (Å²) in [6.07, 6.45) is 4.05. The van der Waals surface area contributed by atoms with E-state index in [0.29, 0.717) is 6.10 Å². The zero-order valence-electron chi connectivity index (χ0n) is 8.78. The maximum absolute atomic E-state index is 5.69. The van der Waals surface area contributed by atoms with Gasteiger partial charge in [-0.3, -0.25) is 0 Å². The van der Waals surface area contributed by atoms with Crippen molar-refractivity contribution in [3.05, 3.63) is 35.9 Å². The quantitative estimate of drug-likeness (QED) is 0.712. The SMILES string of the molecule is C[C@H]1CCO[C@H]1CCc1ccccc1. The highest BCUT2D eigenvalue weighted by atomic mass is 16.5. The second-order valence-corrected chi connectivity index (χ2v) is 4.20. The molecule has 1 saturated heterocycles. The third kappa shape index (κ3) is 2.36. The van der Waals surface area contributed by atoms with Crippen molar-refractivity contribution in [3.63, 3.8) is 0 Å². The van der Waals surface area contributed by atoms with E-state index in [1.165, 1.54) is 18.4 Å². The van der Waals surface area contributed by atoms with E-state index in [1.807, 2.05) is 0 Å². The zero-order valence-corrected chi connectivity index (χ0v) is 8.78. The molecule has 0 aromatic heterocycles. The average Bonchev–Trinajstić information content (AvgIpc) is 2.63. The monoisotopic (exact) mass is 190 g/mol. The number of benzene rings is 1. The molecule has 0 aliphatic carbocycles. The van der Waals surface area contributed by atoms with Crippen LogP contribution < -0.4 is 0 Å². The molecular formula is C13H18O. The summed E-state index contributed by atoms with van der Waals surface area (Å²) in [6.45, 7) is 3.25. The predicted molar refractivity (Wildman–Crippen MR) is 58.3 cm³/mol. The van der Waals surface area contributed by atoms with E-state index in [0.717, 1.165) is 18.9 Å². The minimum absolute atomic E-state index is 0.496. The summed E-state index contributed by atoms with van der Waals surface area (Å²) in [6, 6.07) is 10.7.